The monoisotopic (exact) mass is 240 g/mol. The number of nitrogens with zero attached hydrogens (tertiary/aromatic N) is 1. The van der Waals surface area contributed by atoms with Crippen molar-refractivity contribution in [3.8, 4) is 0 Å². The minimum atomic E-state index is -0.404. The maximum atomic E-state index is 11.6. The molecule has 6 heteroatoms. The Hall–Kier alpha value is -1.14. The van der Waals surface area contributed by atoms with Gasteiger partial charge in [0.2, 0.25) is 5.91 Å². The maximum absolute atomic E-state index is 11.6. The van der Waals surface area contributed by atoms with E-state index in [1.807, 2.05) is 6.92 Å². The van der Waals surface area contributed by atoms with Crippen LogP contribution in [0.2, 0.25) is 0 Å². The van der Waals surface area contributed by atoms with Crippen LogP contribution in [0.5, 0.6) is 0 Å². The lowest BCUT2D eigenvalue weighted by Gasteiger charge is -2.15. The number of carbonyl (C=O) groups excluding carboxylic acids is 2. The Balaban J connectivity index is 1.71. The molecule has 96 valence electrons. The van der Waals surface area contributed by atoms with Gasteiger partial charge in [0.15, 0.2) is 0 Å². The Kier molecular flexibility index (Phi) is 3.96. The molecule has 17 heavy (non-hydrogen) atoms. The highest BCUT2D eigenvalue weighted by Crippen LogP contribution is 2.25. The summed E-state index contributed by atoms with van der Waals surface area (Å²) in [4.78, 5) is 24.9. The van der Waals surface area contributed by atoms with Crippen molar-refractivity contribution >= 4 is 11.9 Å². The number of likely N-dealkylation sites (tertiary alicyclic amines) is 1. The van der Waals surface area contributed by atoms with Crippen LogP contribution in [0.15, 0.2) is 0 Å². The first-order chi connectivity index (χ1) is 8.19. The van der Waals surface area contributed by atoms with E-state index in [2.05, 4.69) is 20.9 Å². The van der Waals surface area contributed by atoms with Crippen LogP contribution in [0.25, 0.3) is 0 Å². The molecule has 2 unspecified atom stereocenters. The molecule has 2 rings (SSSR count). The van der Waals surface area contributed by atoms with Crippen molar-refractivity contribution in [2.45, 2.75) is 6.92 Å². The van der Waals surface area contributed by atoms with Gasteiger partial charge in [0.1, 0.15) is 0 Å². The minimum absolute atomic E-state index is 0.219. The molecule has 0 radical (unpaired) electrons. The van der Waals surface area contributed by atoms with E-state index in [4.69, 9.17) is 0 Å². The van der Waals surface area contributed by atoms with Crippen molar-refractivity contribution < 1.29 is 9.59 Å². The second-order valence-corrected chi connectivity index (χ2v) is 4.78. The maximum Gasteiger partial charge on any atom is 0.321 e. The number of imide groups is 1. The molecule has 3 amide bonds. The van der Waals surface area contributed by atoms with Crippen molar-refractivity contribution in [2.24, 2.45) is 11.8 Å². The van der Waals surface area contributed by atoms with Gasteiger partial charge in [-0.3, -0.25) is 15.0 Å². The zero-order valence-electron chi connectivity index (χ0n) is 10.2. The Morgan fingerprint density at radius 1 is 1.29 bits per heavy atom. The van der Waals surface area contributed by atoms with E-state index in [0.29, 0.717) is 24.9 Å². The molecule has 0 spiro atoms. The molecule has 2 atom stereocenters. The molecule has 0 bridgehead atoms. The van der Waals surface area contributed by atoms with Crippen LogP contribution in [-0.2, 0) is 4.79 Å². The molecule has 2 heterocycles. The van der Waals surface area contributed by atoms with E-state index in [9.17, 15) is 9.59 Å². The van der Waals surface area contributed by atoms with Crippen molar-refractivity contribution in [1.29, 1.82) is 0 Å². The van der Waals surface area contributed by atoms with Crippen LogP contribution in [-0.4, -0.2) is 56.1 Å². The number of hydrogen-bond donors (Lipinski definition) is 3. The quantitative estimate of drug-likeness (QED) is 0.590. The zero-order chi connectivity index (χ0) is 12.3. The van der Waals surface area contributed by atoms with Gasteiger partial charge in [-0.1, -0.05) is 0 Å². The molecular formula is C11H20N4O2. The summed E-state index contributed by atoms with van der Waals surface area (Å²) in [5.74, 6) is 1.13. The number of rotatable bonds is 3. The fourth-order valence-corrected chi connectivity index (χ4v) is 2.66. The van der Waals surface area contributed by atoms with E-state index < -0.39 is 6.03 Å². The van der Waals surface area contributed by atoms with Crippen LogP contribution >= 0.6 is 0 Å². The Labute approximate surface area is 101 Å². The summed E-state index contributed by atoms with van der Waals surface area (Å²) in [6.45, 7) is 6.70. The van der Waals surface area contributed by atoms with Crippen LogP contribution in [0.3, 0.4) is 0 Å². The van der Waals surface area contributed by atoms with Gasteiger partial charge in [-0.25, -0.2) is 4.79 Å². The van der Waals surface area contributed by atoms with Crippen LogP contribution in [0, 0.1) is 11.8 Å². The molecule has 2 fully saturated rings. The number of amides is 3. The first kappa shape index (κ1) is 12.3. The average Bonchev–Trinajstić information content (AvgIpc) is 2.77. The smallest absolute Gasteiger partial charge is 0.321 e. The number of fused-ring (bicyclic) bond motifs is 1. The second-order valence-electron chi connectivity index (χ2n) is 4.78. The summed E-state index contributed by atoms with van der Waals surface area (Å²) in [6, 6.07) is -0.404. The predicted octanol–water partition coefficient (Wildman–Crippen LogP) is -1.02. The predicted molar refractivity (Wildman–Crippen MR) is 63.5 cm³/mol. The largest absolute Gasteiger partial charge is 0.338 e. The normalized spacial score (nSPS) is 27.8. The van der Waals surface area contributed by atoms with E-state index in [0.717, 1.165) is 26.2 Å². The fourth-order valence-electron chi connectivity index (χ4n) is 2.66. The van der Waals surface area contributed by atoms with Gasteiger partial charge in [0, 0.05) is 19.6 Å². The van der Waals surface area contributed by atoms with Crippen LogP contribution < -0.4 is 16.0 Å². The Bertz CT molecular complexity index is 296. The van der Waals surface area contributed by atoms with Crippen LogP contribution in [0.4, 0.5) is 4.79 Å². The Morgan fingerprint density at radius 3 is 2.53 bits per heavy atom. The molecule has 2 aliphatic rings. The zero-order valence-corrected chi connectivity index (χ0v) is 10.2. The highest BCUT2D eigenvalue weighted by molar-refractivity contribution is 5.95. The summed E-state index contributed by atoms with van der Waals surface area (Å²) in [5, 5.41) is 8.22. The third kappa shape index (κ3) is 3.17. The van der Waals surface area contributed by atoms with Gasteiger partial charge in [-0.15, -0.1) is 0 Å². The SMILES string of the molecule is CCNC(=O)NC(=O)CN1CC2CNCC2C1. The van der Waals surface area contributed by atoms with Gasteiger partial charge in [0.05, 0.1) is 6.54 Å². The lowest BCUT2D eigenvalue weighted by Crippen LogP contribution is -2.44. The Morgan fingerprint density at radius 2 is 1.94 bits per heavy atom. The van der Waals surface area contributed by atoms with Gasteiger partial charge in [-0.05, 0) is 31.8 Å². The number of urea groups is 1. The van der Waals surface area contributed by atoms with E-state index >= 15 is 0 Å². The molecule has 0 aliphatic carbocycles. The summed E-state index contributed by atoms with van der Waals surface area (Å²) < 4.78 is 0. The molecule has 0 saturated carbocycles. The second kappa shape index (κ2) is 5.46. The highest BCUT2D eigenvalue weighted by Gasteiger charge is 2.36. The van der Waals surface area contributed by atoms with Crippen molar-refractivity contribution in [3.05, 3.63) is 0 Å². The third-order valence-electron chi connectivity index (χ3n) is 3.42. The molecular weight excluding hydrogens is 220 g/mol. The summed E-state index contributed by atoms with van der Waals surface area (Å²) in [7, 11) is 0. The van der Waals surface area contributed by atoms with Crippen molar-refractivity contribution in [2.75, 3.05) is 39.3 Å². The van der Waals surface area contributed by atoms with Crippen molar-refractivity contribution in [1.82, 2.24) is 20.9 Å². The first-order valence-electron chi connectivity index (χ1n) is 6.19. The lowest BCUT2D eigenvalue weighted by atomic mass is 10.0. The molecule has 0 aromatic carbocycles. The standard InChI is InChI=1S/C11H20N4O2/c1-2-13-11(17)14-10(16)7-15-5-8-3-12-4-9(8)6-15/h8-9,12H,2-7H2,1H3,(H2,13,14,16,17). The first-order valence-corrected chi connectivity index (χ1v) is 6.19. The summed E-state index contributed by atoms with van der Waals surface area (Å²) in [5.41, 5.74) is 0. The number of hydrogen-bond acceptors (Lipinski definition) is 4. The molecule has 2 aliphatic heterocycles. The minimum Gasteiger partial charge on any atom is -0.338 e. The van der Waals surface area contributed by atoms with Gasteiger partial charge in [-0.2, -0.15) is 0 Å². The van der Waals surface area contributed by atoms with E-state index in [1.165, 1.54) is 0 Å². The molecule has 6 nitrogen and oxygen atoms in total. The van der Waals surface area contributed by atoms with E-state index in [1.54, 1.807) is 0 Å². The van der Waals surface area contributed by atoms with Gasteiger partial charge < -0.3 is 10.6 Å². The third-order valence-corrected chi connectivity index (χ3v) is 3.42. The van der Waals surface area contributed by atoms with Crippen LogP contribution in [0.1, 0.15) is 6.92 Å². The van der Waals surface area contributed by atoms with Gasteiger partial charge in [0.25, 0.3) is 0 Å². The fraction of sp³-hybridized carbons (Fsp3) is 0.818. The number of carbonyl (C=O) groups is 2. The molecule has 2 saturated heterocycles. The molecule has 0 aromatic rings. The highest BCUT2D eigenvalue weighted by atomic mass is 16.2. The van der Waals surface area contributed by atoms with E-state index in [-0.39, 0.29) is 5.91 Å². The van der Waals surface area contributed by atoms with Crippen molar-refractivity contribution in [3.63, 3.8) is 0 Å². The lowest BCUT2D eigenvalue weighted by molar-refractivity contribution is -0.121. The molecule has 3 N–H and O–H groups in total. The summed E-state index contributed by atoms with van der Waals surface area (Å²) >= 11 is 0. The average molecular weight is 240 g/mol. The van der Waals surface area contributed by atoms with Gasteiger partial charge >= 0.3 is 6.03 Å². The number of nitrogens with one attached hydrogen (secondary N) is 3. The molecule has 0 aromatic heterocycles. The topological polar surface area (TPSA) is 73.5 Å². The summed E-state index contributed by atoms with van der Waals surface area (Å²) in [6.07, 6.45) is 0.